The average Bonchev–Trinajstić information content (AvgIpc) is 2.47. The molecule has 0 aliphatic heterocycles. The van der Waals surface area contributed by atoms with Crippen LogP contribution in [0.1, 0.15) is 18.1 Å². The molecule has 98 valence electrons. The largest absolute Gasteiger partial charge is 0.411 e. The van der Waals surface area contributed by atoms with Crippen LogP contribution in [-0.2, 0) is 6.54 Å². The van der Waals surface area contributed by atoms with E-state index in [0.717, 1.165) is 18.7 Å². The van der Waals surface area contributed by atoms with Gasteiger partial charge in [0.1, 0.15) is 0 Å². The molecule has 0 saturated heterocycles. The maximum absolute atomic E-state index is 8.50. The van der Waals surface area contributed by atoms with E-state index in [9.17, 15) is 0 Å². The normalized spacial score (nSPS) is 10.8. The molecule has 0 saturated carbocycles. The van der Waals surface area contributed by atoms with Crippen molar-refractivity contribution in [3.05, 3.63) is 65.7 Å². The van der Waals surface area contributed by atoms with Crippen molar-refractivity contribution in [2.75, 3.05) is 11.4 Å². The van der Waals surface area contributed by atoms with Crippen LogP contribution in [0, 0.1) is 0 Å². The van der Waals surface area contributed by atoms with Crippen LogP contribution in [0.5, 0.6) is 0 Å². The zero-order valence-electron chi connectivity index (χ0n) is 11.0. The Bertz CT molecular complexity index is 520. The van der Waals surface area contributed by atoms with Gasteiger partial charge in [-0.1, -0.05) is 47.6 Å². The molecule has 0 atom stereocenters. The van der Waals surface area contributed by atoms with Crippen molar-refractivity contribution in [1.82, 2.24) is 0 Å². The van der Waals surface area contributed by atoms with Gasteiger partial charge in [0.2, 0.25) is 0 Å². The van der Waals surface area contributed by atoms with Crippen LogP contribution in [0.25, 0.3) is 0 Å². The number of oxime groups is 1. The highest BCUT2D eigenvalue weighted by molar-refractivity contribution is 5.79. The van der Waals surface area contributed by atoms with E-state index in [1.165, 1.54) is 17.5 Å². The van der Waals surface area contributed by atoms with Crippen molar-refractivity contribution >= 4 is 11.9 Å². The zero-order chi connectivity index (χ0) is 13.5. The topological polar surface area (TPSA) is 35.8 Å². The Kier molecular flexibility index (Phi) is 4.56. The number of hydrogen-bond acceptors (Lipinski definition) is 3. The Labute approximate surface area is 113 Å². The maximum Gasteiger partial charge on any atom is 0.0733 e. The number of anilines is 1. The van der Waals surface area contributed by atoms with Crippen LogP contribution in [0.4, 0.5) is 5.69 Å². The van der Waals surface area contributed by atoms with Crippen LogP contribution in [0.2, 0.25) is 0 Å². The molecule has 0 bridgehead atoms. The van der Waals surface area contributed by atoms with E-state index in [-0.39, 0.29) is 0 Å². The first-order valence-electron chi connectivity index (χ1n) is 6.40. The van der Waals surface area contributed by atoms with Gasteiger partial charge in [0.25, 0.3) is 0 Å². The van der Waals surface area contributed by atoms with E-state index >= 15 is 0 Å². The summed E-state index contributed by atoms with van der Waals surface area (Å²) in [6, 6.07) is 18.4. The molecule has 0 aliphatic carbocycles. The highest BCUT2D eigenvalue weighted by Gasteiger charge is 2.04. The van der Waals surface area contributed by atoms with Gasteiger partial charge in [-0.05, 0) is 30.2 Å². The fourth-order valence-corrected chi connectivity index (χ4v) is 2.03. The molecule has 0 heterocycles. The minimum absolute atomic E-state index is 0.891. The molecule has 0 amide bonds. The first-order chi connectivity index (χ1) is 9.33. The average molecular weight is 254 g/mol. The summed E-state index contributed by atoms with van der Waals surface area (Å²) >= 11 is 0. The molecule has 0 fully saturated rings. The minimum Gasteiger partial charge on any atom is -0.411 e. The smallest absolute Gasteiger partial charge is 0.0733 e. The first kappa shape index (κ1) is 13.1. The third-order valence-corrected chi connectivity index (χ3v) is 3.06. The summed E-state index contributed by atoms with van der Waals surface area (Å²) < 4.78 is 0. The molecule has 0 aliphatic rings. The molecule has 2 aromatic rings. The van der Waals surface area contributed by atoms with E-state index in [1.54, 1.807) is 0 Å². The van der Waals surface area contributed by atoms with Gasteiger partial charge in [0.15, 0.2) is 0 Å². The fourth-order valence-electron chi connectivity index (χ4n) is 2.03. The van der Waals surface area contributed by atoms with E-state index < -0.39 is 0 Å². The summed E-state index contributed by atoms with van der Waals surface area (Å²) in [6.07, 6.45) is 1.43. The van der Waals surface area contributed by atoms with Gasteiger partial charge in [-0.15, -0.1) is 0 Å². The Morgan fingerprint density at radius 2 is 1.74 bits per heavy atom. The summed E-state index contributed by atoms with van der Waals surface area (Å²) in [5.41, 5.74) is 3.36. The molecule has 0 unspecified atom stereocenters. The van der Waals surface area contributed by atoms with Crippen LogP contribution >= 0.6 is 0 Å². The third kappa shape index (κ3) is 3.58. The van der Waals surface area contributed by atoms with Crippen molar-refractivity contribution in [2.24, 2.45) is 5.16 Å². The molecule has 3 heteroatoms. The summed E-state index contributed by atoms with van der Waals surface area (Å²) in [5, 5.41) is 11.5. The predicted molar refractivity (Wildman–Crippen MR) is 79.0 cm³/mol. The number of nitrogens with zero attached hydrogens (tertiary/aromatic N) is 2. The van der Waals surface area contributed by atoms with Crippen LogP contribution < -0.4 is 4.90 Å². The van der Waals surface area contributed by atoms with Crippen LogP contribution in [0.3, 0.4) is 0 Å². The standard InChI is InChI=1S/C16H18N2O/c1-2-18(13-15-6-4-3-5-7-15)16-10-8-14(9-11-16)12-17-19/h3-12,19H,2,13H2,1H3/b17-12+. The molecule has 0 spiro atoms. The minimum atomic E-state index is 0.891. The first-order valence-corrected chi connectivity index (χ1v) is 6.40. The number of benzene rings is 2. The van der Waals surface area contributed by atoms with Crippen molar-refractivity contribution in [2.45, 2.75) is 13.5 Å². The summed E-state index contributed by atoms with van der Waals surface area (Å²) in [6.45, 7) is 3.99. The van der Waals surface area contributed by atoms with Gasteiger partial charge in [-0.2, -0.15) is 0 Å². The van der Waals surface area contributed by atoms with Gasteiger partial charge in [0, 0.05) is 18.8 Å². The van der Waals surface area contributed by atoms with Crippen LogP contribution in [-0.4, -0.2) is 18.0 Å². The second kappa shape index (κ2) is 6.59. The maximum atomic E-state index is 8.50. The van der Waals surface area contributed by atoms with E-state index in [1.807, 2.05) is 30.3 Å². The summed E-state index contributed by atoms with van der Waals surface area (Å²) in [7, 11) is 0. The molecule has 3 nitrogen and oxygen atoms in total. The van der Waals surface area contributed by atoms with Gasteiger partial charge >= 0.3 is 0 Å². The Morgan fingerprint density at radius 3 is 2.32 bits per heavy atom. The second-order valence-electron chi connectivity index (χ2n) is 4.34. The molecule has 2 aromatic carbocycles. The predicted octanol–water partition coefficient (Wildman–Crippen LogP) is 3.52. The molecule has 2 rings (SSSR count). The molecular weight excluding hydrogens is 236 g/mol. The lowest BCUT2D eigenvalue weighted by atomic mass is 10.1. The monoisotopic (exact) mass is 254 g/mol. The third-order valence-electron chi connectivity index (χ3n) is 3.06. The van der Waals surface area contributed by atoms with E-state index in [2.05, 4.69) is 41.2 Å². The SMILES string of the molecule is CCN(Cc1ccccc1)c1ccc(/C=N/O)cc1. The quantitative estimate of drug-likeness (QED) is 0.503. The molecule has 1 N–H and O–H groups in total. The highest BCUT2D eigenvalue weighted by Crippen LogP contribution is 2.17. The molecule has 0 aromatic heterocycles. The van der Waals surface area contributed by atoms with Crippen molar-refractivity contribution < 1.29 is 5.21 Å². The Hall–Kier alpha value is -2.29. The van der Waals surface area contributed by atoms with Gasteiger partial charge in [-0.3, -0.25) is 0 Å². The van der Waals surface area contributed by atoms with E-state index in [4.69, 9.17) is 5.21 Å². The molecule has 0 radical (unpaired) electrons. The number of hydrogen-bond donors (Lipinski definition) is 1. The van der Waals surface area contributed by atoms with Gasteiger partial charge < -0.3 is 10.1 Å². The van der Waals surface area contributed by atoms with Crippen molar-refractivity contribution in [3.8, 4) is 0 Å². The lowest BCUT2D eigenvalue weighted by Crippen LogP contribution is -2.21. The molecule has 19 heavy (non-hydrogen) atoms. The van der Waals surface area contributed by atoms with Crippen LogP contribution in [0.15, 0.2) is 59.8 Å². The lowest BCUT2D eigenvalue weighted by molar-refractivity contribution is 0.322. The Morgan fingerprint density at radius 1 is 1.05 bits per heavy atom. The zero-order valence-corrected chi connectivity index (χ0v) is 11.0. The lowest BCUT2D eigenvalue weighted by Gasteiger charge is -2.23. The van der Waals surface area contributed by atoms with Crippen molar-refractivity contribution in [3.63, 3.8) is 0 Å². The Balaban J connectivity index is 2.13. The fraction of sp³-hybridized carbons (Fsp3) is 0.188. The van der Waals surface area contributed by atoms with Gasteiger partial charge in [-0.25, -0.2) is 0 Å². The van der Waals surface area contributed by atoms with Crippen molar-refractivity contribution in [1.29, 1.82) is 0 Å². The number of rotatable bonds is 5. The second-order valence-corrected chi connectivity index (χ2v) is 4.34. The highest BCUT2D eigenvalue weighted by atomic mass is 16.4. The van der Waals surface area contributed by atoms with Gasteiger partial charge in [0.05, 0.1) is 6.21 Å². The summed E-state index contributed by atoms with van der Waals surface area (Å²) in [4.78, 5) is 2.30. The summed E-state index contributed by atoms with van der Waals surface area (Å²) in [5.74, 6) is 0. The molecular formula is C16H18N2O. The van der Waals surface area contributed by atoms with E-state index in [0.29, 0.717) is 0 Å².